The van der Waals surface area contributed by atoms with Crippen molar-refractivity contribution in [3.05, 3.63) is 47.5 Å². The molecular formula is C19H26IN5. The topological polar surface area (TPSA) is 54.7 Å². The summed E-state index contributed by atoms with van der Waals surface area (Å²) in [5.74, 6) is 0.997. The van der Waals surface area contributed by atoms with Gasteiger partial charge in [-0.25, -0.2) is 4.99 Å². The lowest BCUT2D eigenvalue weighted by Gasteiger charge is -2.25. The van der Waals surface area contributed by atoms with E-state index >= 15 is 0 Å². The third kappa shape index (κ3) is 5.19. The number of guanidine groups is 1. The van der Waals surface area contributed by atoms with Crippen molar-refractivity contribution in [3.63, 3.8) is 0 Å². The van der Waals surface area contributed by atoms with Gasteiger partial charge in [0.2, 0.25) is 0 Å². The fourth-order valence-corrected chi connectivity index (χ4v) is 3.30. The molecule has 2 aliphatic heterocycles. The summed E-state index contributed by atoms with van der Waals surface area (Å²) in [5.41, 5.74) is 1.82. The second-order valence-corrected chi connectivity index (χ2v) is 6.29. The lowest BCUT2D eigenvalue weighted by molar-refractivity contribution is 0.259. The Morgan fingerprint density at radius 1 is 1.28 bits per heavy atom. The molecule has 2 aliphatic rings. The summed E-state index contributed by atoms with van der Waals surface area (Å²) in [5, 5.41) is 12.3. The average Bonchev–Trinajstić information content (AvgIpc) is 3.30. The van der Waals surface area contributed by atoms with Crippen LogP contribution in [0.3, 0.4) is 0 Å². The van der Waals surface area contributed by atoms with Crippen molar-refractivity contribution >= 4 is 29.9 Å². The Morgan fingerprint density at radius 2 is 2.00 bits per heavy atom. The van der Waals surface area contributed by atoms with Crippen LogP contribution in [-0.4, -0.2) is 54.5 Å². The molecule has 6 heteroatoms. The van der Waals surface area contributed by atoms with Crippen LogP contribution in [0.25, 0.3) is 0 Å². The highest BCUT2D eigenvalue weighted by Gasteiger charge is 2.29. The monoisotopic (exact) mass is 451 g/mol. The molecule has 0 aromatic heterocycles. The molecule has 1 saturated heterocycles. The number of halogens is 1. The normalized spacial score (nSPS) is 20.4. The molecule has 0 spiro atoms. The summed E-state index contributed by atoms with van der Waals surface area (Å²) in [6.45, 7) is 7.88. The molecule has 0 bridgehead atoms. The van der Waals surface area contributed by atoms with Crippen molar-refractivity contribution in [3.8, 4) is 6.07 Å². The minimum Gasteiger partial charge on any atom is -0.357 e. The predicted molar refractivity (Wildman–Crippen MR) is 112 cm³/mol. The fraction of sp³-hybridized carbons (Fsp3) is 0.474. The third-order valence-corrected chi connectivity index (χ3v) is 4.66. The molecule has 0 amide bonds. The first-order valence-corrected chi connectivity index (χ1v) is 8.71. The molecule has 0 aliphatic carbocycles. The van der Waals surface area contributed by atoms with Gasteiger partial charge in [0.15, 0.2) is 5.96 Å². The number of hydrogen-bond acceptors (Lipinski definition) is 3. The first-order valence-electron chi connectivity index (χ1n) is 8.71. The van der Waals surface area contributed by atoms with Crippen molar-refractivity contribution in [1.82, 2.24) is 15.1 Å². The smallest absolute Gasteiger partial charge is 0.194 e. The van der Waals surface area contributed by atoms with Gasteiger partial charge in [-0.1, -0.05) is 24.3 Å². The summed E-state index contributed by atoms with van der Waals surface area (Å²) >= 11 is 0. The van der Waals surface area contributed by atoms with Crippen LogP contribution in [-0.2, 0) is 6.54 Å². The second-order valence-electron chi connectivity index (χ2n) is 6.29. The summed E-state index contributed by atoms with van der Waals surface area (Å²) in [6, 6.07) is 10.4. The largest absolute Gasteiger partial charge is 0.357 e. The van der Waals surface area contributed by atoms with Crippen molar-refractivity contribution in [2.75, 3.05) is 32.7 Å². The SMILES string of the molecule is CCNC(=NCc1ccc(C#N)cc1)N1CCC(N2CC=CC2)C1.I. The number of hydrogen-bond donors (Lipinski definition) is 1. The molecule has 0 saturated carbocycles. The summed E-state index contributed by atoms with van der Waals surface area (Å²) in [4.78, 5) is 9.70. The Labute approximate surface area is 167 Å². The molecule has 1 aromatic rings. The summed E-state index contributed by atoms with van der Waals surface area (Å²) in [6.07, 6.45) is 5.71. The van der Waals surface area contributed by atoms with E-state index in [-0.39, 0.29) is 24.0 Å². The van der Waals surface area contributed by atoms with Crippen molar-refractivity contribution in [2.45, 2.75) is 25.9 Å². The molecular weight excluding hydrogens is 425 g/mol. The number of aliphatic imine (C=N–C) groups is 1. The van der Waals surface area contributed by atoms with Gasteiger partial charge < -0.3 is 10.2 Å². The van der Waals surface area contributed by atoms with Crippen LogP contribution >= 0.6 is 24.0 Å². The summed E-state index contributed by atoms with van der Waals surface area (Å²) in [7, 11) is 0. The van der Waals surface area contributed by atoms with Crippen LogP contribution in [0.15, 0.2) is 41.4 Å². The highest BCUT2D eigenvalue weighted by atomic mass is 127. The van der Waals surface area contributed by atoms with Crippen molar-refractivity contribution in [1.29, 1.82) is 5.26 Å². The highest BCUT2D eigenvalue weighted by Crippen LogP contribution is 2.18. The van der Waals surface area contributed by atoms with Crippen molar-refractivity contribution < 1.29 is 0 Å². The zero-order chi connectivity index (χ0) is 16.8. The van der Waals surface area contributed by atoms with Crippen LogP contribution in [0.1, 0.15) is 24.5 Å². The predicted octanol–water partition coefficient (Wildman–Crippen LogP) is 2.59. The maximum atomic E-state index is 8.87. The molecule has 1 unspecified atom stereocenters. The molecule has 25 heavy (non-hydrogen) atoms. The van der Waals surface area contributed by atoms with Gasteiger partial charge in [0, 0.05) is 38.8 Å². The van der Waals surface area contributed by atoms with E-state index in [0.717, 1.165) is 44.2 Å². The van der Waals surface area contributed by atoms with Gasteiger partial charge in [-0.15, -0.1) is 24.0 Å². The zero-order valence-corrected chi connectivity index (χ0v) is 17.0. The molecule has 5 nitrogen and oxygen atoms in total. The molecule has 1 aromatic carbocycles. The molecule has 134 valence electrons. The van der Waals surface area contributed by atoms with E-state index < -0.39 is 0 Å². The quantitative estimate of drug-likeness (QED) is 0.331. The summed E-state index contributed by atoms with van der Waals surface area (Å²) < 4.78 is 0. The zero-order valence-electron chi connectivity index (χ0n) is 14.7. The lowest BCUT2D eigenvalue weighted by atomic mass is 10.1. The van der Waals surface area contributed by atoms with Gasteiger partial charge in [0.1, 0.15) is 0 Å². The lowest BCUT2D eigenvalue weighted by Crippen LogP contribution is -2.42. The Hall–Kier alpha value is -1.59. The maximum Gasteiger partial charge on any atom is 0.194 e. The molecule has 3 rings (SSSR count). The third-order valence-electron chi connectivity index (χ3n) is 4.66. The number of nitrogens with one attached hydrogen (secondary N) is 1. The first kappa shape index (κ1) is 19.7. The molecule has 1 N–H and O–H groups in total. The number of nitrogens with zero attached hydrogens (tertiary/aromatic N) is 4. The van der Waals surface area contributed by atoms with E-state index in [4.69, 9.17) is 10.3 Å². The first-order chi connectivity index (χ1) is 11.8. The van der Waals surface area contributed by atoms with E-state index in [1.807, 2.05) is 24.3 Å². The van der Waals surface area contributed by atoms with Crippen LogP contribution in [0, 0.1) is 11.3 Å². The molecule has 0 radical (unpaired) electrons. The van der Waals surface area contributed by atoms with Crippen LogP contribution < -0.4 is 5.32 Å². The van der Waals surface area contributed by atoms with Gasteiger partial charge in [-0.3, -0.25) is 4.90 Å². The molecule has 1 fully saturated rings. The van der Waals surface area contributed by atoms with Gasteiger partial charge >= 0.3 is 0 Å². The maximum absolute atomic E-state index is 8.87. The van der Waals surface area contributed by atoms with Gasteiger partial charge in [0.25, 0.3) is 0 Å². The second kappa shape index (κ2) is 9.78. The minimum atomic E-state index is 0. The van der Waals surface area contributed by atoms with Crippen molar-refractivity contribution in [2.24, 2.45) is 4.99 Å². The van der Waals surface area contributed by atoms with Crippen LogP contribution in [0.4, 0.5) is 0 Å². The standard InChI is InChI=1S/C19H25N5.HI/c1-2-21-19(22-14-17-7-5-16(13-20)6-8-17)24-12-9-18(15-24)23-10-3-4-11-23;/h3-8,18H,2,9-12,14-15H2,1H3,(H,21,22);1H. The number of nitriles is 1. The number of benzene rings is 1. The highest BCUT2D eigenvalue weighted by molar-refractivity contribution is 14.0. The fourth-order valence-electron chi connectivity index (χ4n) is 3.30. The van der Waals surface area contributed by atoms with E-state index in [1.54, 1.807) is 0 Å². The van der Waals surface area contributed by atoms with Gasteiger partial charge in [-0.2, -0.15) is 5.26 Å². The number of rotatable bonds is 4. The van der Waals surface area contributed by atoms with Crippen LogP contribution in [0.2, 0.25) is 0 Å². The Bertz CT molecular complexity index is 639. The number of likely N-dealkylation sites (tertiary alicyclic amines) is 1. The Kier molecular flexibility index (Phi) is 7.72. The van der Waals surface area contributed by atoms with E-state index in [2.05, 4.69) is 40.3 Å². The van der Waals surface area contributed by atoms with Crippen LogP contribution in [0.5, 0.6) is 0 Å². The van der Waals surface area contributed by atoms with E-state index in [0.29, 0.717) is 18.2 Å². The molecule has 2 heterocycles. The van der Waals surface area contributed by atoms with Gasteiger partial charge in [0.05, 0.1) is 18.2 Å². The van der Waals surface area contributed by atoms with E-state index in [9.17, 15) is 0 Å². The Balaban J connectivity index is 0.00000225. The average molecular weight is 451 g/mol. The van der Waals surface area contributed by atoms with E-state index in [1.165, 1.54) is 6.42 Å². The molecule has 1 atom stereocenters. The Morgan fingerprint density at radius 3 is 2.64 bits per heavy atom. The minimum absolute atomic E-state index is 0. The van der Waals surface area contributed by atoms with Gasteiger partial charge in [-0.05, 0) is 31.0 Å².